The first-order valence-corrected chi connectivity index (χ1v) is 9.86. The van der Waals surface area contributed by atoms with Gasteiger partial charge in [-0.1, -0.05) is 36.4 Å². The molecule has 4 rings (SSSR count). The Morgan fingerprint density at radius 1 is 0.970 bits per heavy atom. The molecule has 0 aliphatic heterocycles. The molecule has 0 radical (unpaired) electrons. The van der Waals surface area contributed by atoms with E-state index >= 15 is 0 Å². The summed E-state index contributed by atoms with van der Waals surface area (Å²) in [6, 6.07) is 19.6. The molecule has 0 fully saturated rings. The number of amides is 1. The Balaban J connectivity index is 1.60. The normalized spacial score (nSPS) is 10.5. The number of non-ortho nitro benzene ring substituents is 1. The minimum atomic E-state index is -0.641. The molecule has 9 heteroatoms. The van der Waals surface area contributed by atoms with Gasteiger partial charge in [0, 0.05) is 30.0 Å². The molecular formula is C24H17N3O6. The van der Waals surface area contributed by atoms with Crippen LogP contribution in [-0.2, 0) is 6.54 Å². The molecule has 2 aromatic carbocycles. The maximum atomic E-state index is 13.0. The van der Waals surface area contributed by atoms with Crippen LogP contribution in [0, 0.1) is 10.1 Å². The molecule has 164 valence electrons. The van der Waals surface area contributed by atoms with Gasteiger partial charge in [0.15, 0.2) is 11.5 Å². The number of aromatic nitrogens is 1. The van der Waals surface area contributed by atoms with Crippen molar-refractivity contribution in [1.29, 1.82) is 0 Å². The van der Waals surface area contributed by atoms with Crippen molar-refractivity contribution in [3.63, 3.8) is 0 Å². The number of carbonyl (C=O) groups excluding carboxylic acids is 2. The number of anilines is 1. The van der Waals surface area contributed by atoms with Crippen LogP contribution >= 0.6 is 0 Å². The van der Waals surface area contributed by atoms with E-state index in [9.17, 15) is 24.5 Å². The molecule has 0 saturated carbocycles. The average Bonchev–Trinajstić information content (AvgIpc) is 3.29. The Bertz CT molecular complexity index is 1400. The number of hydrogen-bond acceptors (Lipinski definition) is 6. The van der Waals surface area contributed by atoms with Crippen LogP contribution in [0.15, 0.2) is 94.3 Å². The van der Waals surface area contributed by atoms with E-state index in [-0.39, 0.29) is 34.8 Å². The molecule has 0 aliphatic carbocycles. The highest BCUT2D eigenvalue weighted by Gasteiger charge is 2.21. The highest BCUT2D eigenvalue weighted by molar-refractivity contribution is 6.15. The fraction of sp³-hybridized carbons (Fsp3) is 0.0417. The smallest absolute Gasteiger partial charge is 0.291 e. The lowest BCUT2D eigenvalue weighted by Crippen LogP contribution is -2.18. The summed E-state index contributed by atoms with van der Waals surface area (Å²) in [7, 11) is 0. The second-order valence-electron chi connectivity index (χ2n) is 7.07. The van der Waals surface area contributed by atoms with E-state index < -0.39 is 16.6 Å². The van der Waals surface area contributed by atoms with Gasteiger partial charge in [0.05, 0.1) is 22.7 Å². The second kappa shape index (κ2) is 9.15. The van der Waals surface area contributed by atoms with Crippen molar-refractivity contribution in [2.75, 3.05) is 5.32 Å². The van der Waals surface area contributed by atoms with Crippen LogP contribution in [0.5, 0.6) is 0 Å². The lowest BCUT2D eigenvalue weighted by molar-refractivity contribution is -0.384. The van der Waals surface area contributed by atoms with Crippen molar-refractivity contribution in [1.82, 2.24) is 4.57 Å². The molecule has 0 atom stereocenters. The Hall–Kier alpha value is -4.79. The molecule has 0 spiro atoms. The van der Waals surface area contributed by atoms with Gasteiger partial charge in [-0.15, -0.1) is 0 Å². The molecule has 9 nitrogen and oxygen atoms in total. The third kappa shape index (κ3) is 4.77. The van der Waals surface area contributed by atoms with Gasteiger partial charge in [-0.2, -0.15) is 0 Å². The maximum absolute atomic E-state index is 13.0. The minimum absolute atomic E-state index is 0.0219. The van der Waals surface area contributed by atoms with Gasteiger partial charge >= 0.3 is 0 Å². The third-order valence-electron chi connectivity index (χ3n) is 4.85. The lowest BCUT2D eigenvalue weighted by atomic mass is 10.0. The summed E-state index contributed by atoms with van der Waals surface area (Å²) in [5, 5.41) is 13.8. The fourth-order valence-electron chi connectivity index (χ4n) is 3.22. The van der Waals surface area contributed by atoms with E-state index in [0.29, 0.717) is 11.3 Å². The predicted octanol–water partition coefficient (Wildman–Crippen LogP) is 3.88. The molecule has 0 bridgehead atoms. The molecule has 2 heterocycles. The van der Waals surface area contributed by atoms with Crippen LogP contribution in [-0.4, -0.2) is 21.2 Å². The second-order valence-corrected chi connectivity index (χ2v) is 7.07. The van der Waals surface area contributed by atoms with Crippen LogP contribution in [0.1, 0.15) is 32.2 Å². The van der Waals surface area contributed by atoms with Crippen molar-refractivity contribution in [2.45, 2.75) is 6.54 Å². The van der Waals surface area contributed by atoms with E-state index in [1.165, 1.54) is 28.8 Å². The number of ketones is 1. The number of nitro groups is 1. The lowest BCUT2D eigenvalue weighted by Gasteiger charge is -2.10. The first kappa shape index (κ1) is 21.4. The summed E-state index contributed by atoms with van der Waals surface area (Å²) in [4.78, 5) is 48.2. The fourth-order valence-corrected chi connectivity index (χ4v) is 3.22. The Morgan fingerprint density at radius 2 is 1.73 bits per heavy atom. The average molecular weight is 443 g/mol. The van der Waals surface area contributed by atoms with Gasteiger partial charge in [0.1, 0.15) is 5.76 Å². The number of hydrogen-bond donors (Lipinski definition) is 1. The van der Waals surface area contributed by atoms with Crippen LogP contribution in [0.4, 0.5) is 11.4 Å². The zero-order chi connectivity index (χ0) is 23.4. The molecule has 4 aromatic rings. The summed E-state index contributed by atoms with van der Waals surface area (Å²) >= 11 is 0. The van der Waals surface area contributed by atoms with Crippen molar-refractivity contribution >= 4 is 23.1 Å². The van der Waals surface area contributed by atoms with Crippen LogP contribution in [0.2, 0.25) is 0 Å². The Kier molecular flexibility index (Phi) is 5.94. The molecule has 0 unspecified atom stereocenters. The van der Waals surface area contributed by atoms with Crippen LogP contribution in [0.3, 0.4) is 0 Å². The van der Waals surface area contributed by atoms with Crippen molar-refractivity contribution in [2.24, 2.45) is 0 Å². The topological polar surface area (TPSA) is 124 Å². The number of furan rings is 1. The van der Waals surface area contributed by atoms with Gasteiger partial charge in [-0.25, -0.2) is 0 Å². The third-order valence-corrected chi connectivity index (χ3v) is 4.85. The first-order chi connectivity index (χ1) is 15.9. The summed E-state index contributed by atoms with van der Waals surface area (Å²) in [6.45, 7) is 0.141. The van der Waals surface area contributed by atoms with Gasteiger partial charge in [0.25, 0.3) is 17.2 Å². The van der Waals surface area contributed by atoms with E-state index in [4.69, 9.17) is 4.42 Å². The number of nitro benzene ring substituents is 1. The highest BCUT2D eigenvalue weighted by Crippen LogP contribution is 2.26. The van der Waals surface area contributed by atoms with Gasteiger partial charge in [0.2, 0.25) is 0 Å². The predicted molar refractivity (Wildman–Crippen MR) is 119 cm³/mol. The largest absolute Gasteiger partial charge is 0.454 e. The summed E-state index contributed by atoms with van der Waals surface area (Å²) < 4.78 is 6.98. The van der Waals surface area contributed by atoms with Crippen molar-refractivity contribution < 1.29 is 18.9 Å². The number of nitrogens with zero attached hydrogens (tertiary/aromatic N) is 2. The molecule has 33 heavy (non-hydrogen) atoms. The number of nitrogens with one attached hydrogen (secondary N) is 1. The van der Waals surface area contributed by atoms with Gasteiger partial charge < -0.3 is 14.3 Å². The van der Waals surface area contributed by atoms with Gasteiger partial charge in [-0.3, -0.25) is 24.5 Å². The zero-order valence-electron chi connectivity index (χ0n) is 17.1. The summed E-state index contributed by atoms with van der Waals surface area (Å²) in [5.74, 6) is -0.765. The molecule has 1 N–H and O–H groups in total. The van der Waals surface area contributed by atoms with Gasteiger partial charge in [-0.05, 0) is 24.3 Å². The molecule has 1 amide bonds. The van der Waals surface area contributed by atoms with E-state index in [0.717, 1.165) is 6.07 Å². The van der Waals surface area contributed by atoms with Crippen LogP contribution < -0.4 is 10.9 Å². The summed E-state index contributed by atoms with van der Waals surface area (Å²) in [6.07, 6.45) is 1.60. The van der Waals surface area contributed by atoms with Crippen LogP contribution in [0.25, 0.3) is 0 Å². The number of pyridine rings is 1. The molecule has 2 aromatic heterocycles. The van der Waals surface area contributed by atoms with Crippen molar-refractivity contribution in [3.05, 3.63) is 128 Å². The Morgan fingerprint density at radius 3 is 2.45 bits per heavy atom. The monoisotopic (exact) mass is 443 g/mol. The van der Waals surface area contributed by atoms with E-state index in [1.807, 2.05) is 0 Å². The molecular weight excluding hydrogens is 426 g/mol. The minimum Gasteiger partial charge on any atom is -0.454 e. The number of benzene rings is 2. The molecule has 0 saturated heterocycles. The standard InChI is InChI=1S/C24H17N3O6/c28-22-8-4-5-13-26(22)15-18-10-12-21(33-18)24(30)25-20-11-9-17(27(31)32)14-19(20)23(29)16-6-2-1-3-7-16/h1-14H,15H2,(H,25,30). The molecule has 0 aliphatic rings. The highest BCUT2D eigenvalue weighted by atomic mass is 16.6. The first-order valence-electron chi connectivity index (χ1n) is 9.86. The van der Waals surface area contributed by atoms with E-state index in [2.05, 4.69) is 5.32 Å². The quantitative estimate of drug-likeness (QED) is 0.263. The number of rotatable bonds is 7. The summed E-state index contributed by atoms with van der Waals surface area (Å²) in [5.41, 5.74) is -0.0825. The SMILES string of the molecule is O=C(Nc1ccc([N+](=O)[O-])cc1C(=O)c1ccccc1)c1ccc(Cn2ccccc2=O)o1. The van der Waals surface area contributed by atoms with Crippen molar-refractivity contribution in [3.8, 4) is 0 Å². The maximum Gasteiger partial charge on any atom is 0.291 e. The number of carbonyl (C=O) groups is 2. The zero-order valence-corrected chi connectivity index (χ0v) is 17.1. The van der Waals surface area contributed by atoms with E-state index in [1.54, 1.807) is 54.7 Å². The Labute approximate surface area is 187 Å².